The van der Waals surface area contributed by atoms with Crippen LogP contribution < -0.4 is 4.90 Å². The molecule has 0 unspecified atom stereocenters. The minimum atomic E-state index is 0. The second-order valence-electron chi connectivity index (χ2n) is 3.72. The average molecular weight is 174 g/mol. The molecule has 0 radical (unpaired) electrons. The fourth-order valence-electron chi connectivity index (χ4n) is 1.26. The molecule has 0 aliphatic heterocycles. The van der Waals surface area contributed by atoms with Crippen LogP contribution in [0, 0.1) is 0 Å². The Morgan fingerprint density at radius 2 is 1.33 bits per heavy atom. The maximum Gasteiger partial charge on any atom is 0.0766 e. The van der Waals surface area contributed by atoms with Gasteiger partial charge in [0.05, 0.1) is 20.6 Å². The Bertz CT molecular complexity index is 69.4. The van der Waals surface area contributed by atoms with Crippen molar-refractivity contribution in [3.63, 3.8) is 0 Å². The summed E-state index contributed by atoms with van der Waals surface area (Å²) in [4.78, 5) is 1.58. The maximum absolute atomic E-state index is 2.27. The second kappa shape index (κ2) is 11.0. The first kappa shape index (κ1) is 14.5. The van der Waals surface area contributed by atoms with Gasteiger partial charge in [-0.2, -0.15) is 0 Å². The lowest BCUT2D eigenvalue weighted by atomic mass is 10.1. The highest BCUT2D eigenvalue weighted by molar-refractivity contribution is 4.41. The molecule has 0 aromatic rings. The van der Waals surface area contributed by atoms with E-state index in [9.17, 15) is 0 Å². The monoisotopic (exact) mass is 174 g/mol. The Balaban J connectivity index is 0. The van der Waals surface area contributed by atoms with E-state index in [1.54, 1.807) is 4.90 Å². The van der Waals surface area contributed by atoms with Gasteiger partial charge in [-0.05, 0) is 12.8 Å². The van der Waals surface area contributed by atoms with Gasteiger partial charge in [-0.3, -0.25) is 0 Å². The molecule has 0 rings (SSSR count). The van der Waals surface area contributed by atoms with E-state index < -0.39 is 0 Å². The first-order valence-corrected chi connectivity index (χ1v) is 5.06. The minimum absolute atomic E-state index is 0. The Labute approximate surface area is 79.2 Å². The van der Waals surface area contributed by atoms with Crippen molar-refractivity contribution in [2.24, 2.45) is 0 Å². The SMILES string of the molecule is C.CCCCCCCC[NH+](C)C. The van der Waals surface area contributed by atoms with E-state index in [1.165, 1.54) is 45.1 Å². The molecule has 76 valence electrons. The van der Waals surface area contributed by atoms with Gasteiger partial charge in [-0.15, -0.1) is 0 Å². The summed E-state index contributed by atoms with van der Waals surface area (Å²) in [5.41, 5.74) is 0. The van der Waals surface area contributed by atoms with E-state index in [4.69, 9.17) is 0 Å². The average Bonchev–Trinajstić information content (AvgIpc) is 1.96. The van der Waals surface area contributed by atoms with Crippen LogP contribution in [0.25, 0.3) is 0 Å². The molecule has 0 saturated carbocycles. The highest BCUT2D eigenvalue weighted by Gasteiger charge is 1.93. The van der Waals surface area contributed by atoms with E-state index in [0.717, 1.165) is 0 Å². The second-order valence-corrected chi connectivity index (χ2v) is 3.72. The number of unbranched alkanes of at least 4 members (excludes halogenated alkanes) is 5. The van der Waals surface area contributed by atoms with Crippen molar-refractivity contribution in [2.75, 3.05) is 20.6 Å². The topological polar surface area (TPSA) is 4.44 Å². The van der Waals surface area contributed by atoms with Crippen LogP contribution in [0.3, 0.4) is 0 Å². The van der Waals surface area contributed by atoms with Crippen LogP contribution in [-0.4, -0.2) is 20.6 Å². The summed E-state index contributed by atoms with van der Waals surface area (Å²) in [6.45, 7) is 3.61. The van der Waals surface area contributed by atoms with Crippen LogP contribution in [0.2, 0.25) is 0 Å². The molecular weight excluding hydrogens is 146 g/mol. The molecular formula is C11H28N+. The van der Waals surface area contributed by atoms with Crippen molar-refractivity contribution in [3.05, 3.63) is 0 Å². The lowest BCUT2D eigenvalue weighted by Crippen LogP contribution is -3.05. The number of rotatable bonds is 7. The normalized spacial score (nSPS) is 10.0. The number of nitrogens with one attached hydrogen (secondary N) is 1. The van der Waals surface area contributed by atoms with Gasteiger partial charge in [0.2, 0.25) is 0 Å². The predicted octanol–water partition coefficient (Wildman–Crippen LogP) is 2.13. The molecule has 0 aliphatic rings. The molecule has 0 atom stereocenters. The summed E-state index contributed by atoms with van der Waals surface area (Å²) in [5, 5.41) is 0. The highest BCUT2D eigenvalue weighted by atomic mass is 15.0. The fourth-order valence-corrected chi connectivity index (χ4v) is 1.26. The largest absolute Gasteiger partial charge is 0.340 e. The molecule has 0 amide bonds. The van der Waals surface area contributed by atoms with E-state index in [1.807, 2.05) is 0 Å². The van der Waals surface area contributed by atoms with Gasteiger partial charge in [0, 0.05) is 0 Å². The molecule has 0 saturated heterocycles. The molecule has 0 fully saturated rings. The van der Waals surface area contributed by atoms with Crippen LogP contribution in [-0.2, 0) is 0 Å². The molecule has 1 nitrogen and oxygen atoms in total. The number of hydrogen-bond acceptors (Lipinski definition) is 0. The zero-order chi connectivity index (χ0) is 8.53. The Morgan fingerprint density at radius 3 is 1.83 bits per heavy atom. The third-order valence-corrected chi connectivity index (χ3v) is 2.03. The Morgan fingerprint density at radius 1 is 0.833 bits per heavy atom. The molecule has 0 aromatic heterocycles. The summed E-state index contributed by atoms with van der Waals surface area (Å²) in [5.74, 6) is 0. The van der Waals surface area contributed by atoms with Crippen molar-refractivity contribution in [1.82, 2.24) is 0 Å². The fraction of sp³-hybridized carbons (Fsp3) is 1.00. The van der Waals surface area contributed by atoms with Crippen molar-refractivity contribution in [1.29, 1.82) is 0 Å². The summed E-state index contributed by atoms with van der Waals surface area (Å²) < 4.78 is 0. The summed E-state index contributed by atoms with van der Waals surface area (Å²) >= 11 is 0. The molecule has 0 aliphatic carbocycles. The van der Waals surface area contributed by atoms with Crippen molar-refractivity contribution >= 4 is 0 Å². The first-order chi connectivity index (χ1) is 5.27. The summed E-state index contributed by atoms with van der Waals surface area (Å²) in [6, 6.07) is 0. The Hall–Kier alpha value is -0.0400. The van der Waals surface area contributed by atoms with Crippen LogP contribution in [0.15, 0.2) is 0 Å². The van der Waals surface area contributed by atoms with Gasteiger partial charge in [0.25, 0.3) is 0 Å². The van der Waals surface area contributed by atoms with Crippen LogP contribution >= 0.6 is 0 Å². The zero-order valence-electron chi connectivity index (χ0n) is 8.45. The zero-order valence-corrected chi connectivity index (χ0v) is 8.45. The van der Waals surface area contributed by atoms with Crippen LogP contribution in [0.5, 0.6) is 0 Å². The van der Waals surface area contributed by atoms with Gasteiger partial charge in [-0.25, -0.2) is 0 Å². The molecule has 0 heterocycles. The van der Waals surface area contributed by atoms with Gasteiger partial charge in [0.15, 0.2) is 0 Å². The maximum atomic E-state index is 2.27. The molecule has 1 N–H and O–H groups in total. The molecule has 1 heteroatoms. The molecule has 0 bridgehead atoms. The van der Waals surface area contributed by atoms with Gasteiger partial charge in [-0.1, -0.05) is 40.0 Å². The van der Waals surface area contributed by atoms with Gasteiger partial charge >= 0.3 is 0 Å². The Kier molecular flexibility index (Phi) is 13.2. The smallest absolute Gasteiger partial charge is 0.0766 e. The van der Waals surface area contributed by atoms with E-state index in [-0.39, 0.29) is 7.43 Å². The molecule has 0 spiro atoms. The third-order valence-electron chi connectivity index (χ3n) is 2.03. The first-order valence-electron chi connectivity index (χ1n) is 5.06. The number of quaternary nitrogens is 1. The standard InChI is InChI=1S/C10H23N.CH4/c1-4-5-6-7-8-9-10-11(2)3;/h4-10H2,1-3H3;1H4/p+1. The molecule has 0 aromatic carbocycles. The molecule has 12 heavy (non-hydrogen) atoms. The van der Waals surface area contributed by atoms with Crippen molar-refractivity contribution < 1.29 is 4.90 Å². The van der Waals surface area contributed by atoms with Gasteiger partial charge < -0.3 is 4.90 Å². The highest BCUT2D eigenvalue weighted by Crippen LogP contribution is 2.03. The van der Waals surface area contributed by atoms with Gasteiger partial charge in [0.1, 0.15) is 0 Å². The van der Waals surface area contributed by atoms with E-state index in [2.05, 4.69) is 21.0 Å². The van der Waals surface area contributed by atoms with Crippen LogP contribution in [0.1, 0.15) is 52.9 Å². The summed E-state index contributed by atoms with van der Waals surface area (Å²) in [6.07, 6.45) is 8.52. The van der Waals surface area contributed by atoms with Crippen molar-refractivity contribution in [2.45, 2.75) is 52.9 Å². The third kappa shape index (κ3) is 12.6. The predicted molar refractivity (Wildman–Crippen MR) is 57.8 cm³/mol. The minimum Gasteiger partial charge on any atom is -0.340 e. The van der Waals surface area contributed by atoms with E-state index in [0.29, 0.717) is 0 Å². The number of hydrogen-bond donors (Lipinski definition) is 1. The van der Waals surface area contributed by atoms with Crippen molar-refractivity contribution in [3.8, 4) is 0 Å². The lowest BCUT2D eigenvalue weighted by molar-refractivity contribution is -0.858. The van der Waals surface area contributed by atoms with Crippen LogP contribution in [0.4, 0.5) is 0 Å². The lowest BCUT2D eigenvalue weighted by Gasteiger charge is -2.05. The quantitative estimate of drug-likeness (QED) is 0.564. The summed E-state index contributed by atoms with van der Waals surface area (Å²) in [7, 11) is 4.46. The van der Waals surface area contributed by atoms with E-state index >= 15 is 0 Å².